The summed E-state index contributed by atoms with van der Waals surface area (Å²) in [5.41, 5.74) is 6.88. The highest BCUT2D eigenvalue weighted by Crippen LogP contribution is 2.32. The van der Waals surface area contributed by atoms with E-state index in [0.29, 0.717) is 11.6 Å². The molecule has 8 heteroatoms. The van der Waals surface area contributed by atoms with Crippen LogP contribution in [-0.4, -0.2) is 36.3 Å². The van der Waals surface area contributed by atoms with Gasteiger partial charge in [0.1, 0.15) is 23.8 Å². The number of aromatic amines is 1. The number of nitrogens with one attached hydrogen (secondary N) is 1. The Hall–Kier alpha value is -2.90. The summed E-state index contributed by atoms with van der Waals surface area (Å²) in [5.74, 6) is 3.09. The van der Waals surface area contributed by atoms with Crippen LogP contribution in [-0.2, 0) is 0 Å². The first-order valence-electron chi connectivity index (χ1n) is 8.13. The Kier molecular flexibility index (Phi) is 3.64. The Labute approximate surface area is 139 Å². The molecule has 0 aromatic carbocycles. The van der Waals surface area contributed by atoms with Crippen molar-refractivity contribution in [1.29, 1.82) is 0 Å². The molecule has 8 nitrogen and oxygen atoms in total. The lowest BCUT2D eigenvalue weighted by molar-refractivity contribution is 0.455. The molecule has 3 aromatic rings. The normalized spacial score (nSPS) is 18.0. The number of imidazole rings is 1. The topological polar surface area (TPSA) is 102 Å². The molecule has 0 saturated carbocycles. The van der Waals surface area contributed by atoms with Crippen LogP contribution < -0.4 is 10.6 Å². The molecule has 4 heterocycles. The van der Waals surface area contributed by atoms with Gasteiger partial charge in [-0.15, -0.1) is 0 Å². The minimum Gasteiger partial charge on any atom is -0.384 e. The number of anilines is 2. The maximum atomic E-state index is 6.02. The lowest BCUT2D eigenvalue weighted by Crippen LogP contribution is -2.34. The number of nitrogens with zero attached hydrogens (tertiary/aromatic N) is 6. The molecule has 0 aliphatic carbocycles. The van der Waals surface area contributed by atoms with Crippen molar-refractivity contribution in [2.45, 2.75) is 32.2 Å². The first-order chi connectivity index (χ1) is 11.7. The predicted molar refractivity (Wildman–Crippen MR) is 90.8 cm³/mol. The van der Waals surface area contributed by atoms with Crippen molar-refractivity contribution < 1.29 is 0 Å². The van der Waals surface area contributed by atoms with Crippen LogP contribution in [0, 0.1) is 6.92 Å². The van der Waals surface area contributed by atoms with Crippen molar-refractivity contribution in [3.8, 4) is 5.82 Å². The van der Waals surface area contributed by atoms with Crippen LogP contribution in [0.15, 0.2) is 30.9 Å². The van der Waals surface area contributed by atoms with Crippen LogP contribution in [0.1, 0.15) is 36.8 Å². The predicted octanol–water partition coefficient (Wildman–Crippen LogP) is 2.01. The number of nitrogens with two attached hydrogens (primary N) is 1. The number of rotatable bonds is 3. The van der Waals surface area contributed by atoms with Crippen molar-refractivity contribution in [2.24, 2.45) is 0 Å². The highest BCUT2D eigenvalue weighted by atomic mass is 15.3. The van der Waals surface area contributed by atoms with E-state index in [1.807, 2.05) is 25.3 Å². The van der Waals surface area contributed by atoms with Gasteiger partial charge >= 0.3 is 0 Å². The first kappa shape index (κ1) is 14.7. The third-order valence-corrected chi connectivity index (χ3v) is 4.35. The molecule has 0 spiro atoms. The minimum absolute atomic E-state index is 0.202. The van der Waals surface area contributed by atoms with E-state index >= 15 is 0 Å². The van der Waals surface area contributed by atoms with Crippen molar-refractivity contribution in [3.63, 3.8) is 0 Å². The molecule has 0 radical (unpaired) electrons. The van der Waals surface area contributed by atoms with E-state index < -0.39 is 0 Å². The molecular weight excluding hydrogens is 304 g/mol. The van der Waals surface area contributed by atoms with E-state index in [-0.39, 0.29) is 6.04 Å². The number of hydrogen-bond acceptors (Lipinski definition) is 6. The second-order valence-corrected chi connectivity index (χ2v) is 6.04. The molecule has 1 atom stereocenters. The van der Waals surface area contributed by atoms with Gasteiger partial charge in [0.25, 0.3) is 0 Å². The maximum Gasteiger partial charge on any atom is 0.161 e. The molecule has 1 saturated heterocycles. The minimum atomic E-state index is 0.202. The summed E-state index contributed by atoms with van der Waals surface area (Å²) in [6, 6.07) is 3.96. The summed E-state index contributed by atoms with van der Waals surface area (Å²) < 4.78 is 1.65. The zero-order valence-electron chi connectivity index (χ0n) is 13.6. The number of aromatic nitrogens is 6. The van der Waals surface area contributed by atoms with Gasteiger partial charge in [0.15, 0.2) is 5.82 Å². The largest absolute Gasteiger partial charge is 0.384 e. The van der Waals surface area contributed by atoms with Crippen molar-refractivity contribution >= 4 is 11.6 Å². The zero-order chi connectivity index (χ0) is 16.5. The number of hydrogen-bond donors (Lipinski definition) is 2. The number of H-pyrrole nitrogens is 1. The van der Waals surface area contributed by atoms with Gasteiger partial charge in [0.2, 0.25) is 0 Å². The maximum absolute atomic E-state index is 6.02. The fraction of sp³-hybridized carbons (Fsp3) is 0.375. The van der Waals surface area contributed by atoms with Gasteiger partial charge in [-0.3, -0.25) is 0 Å². The number of piperidine rings is 1. The van der Waals surface area contributed by atoms with Crippen LogP contribution in [0.25, 0.3) is 5.82 Å². The second-order valence-electron chi connectivity index (χ2n) is 6.04. The lowest BCUT2D eigenvalue weighted by Gasteiger charge is -2.35. The van der Waals surface area contributed by atoms with Crippen LogP contribution in [0.2, 0.25) is 0 Å². The van der Waals surface area contributed by atoms with Crippen molar-refractivity contribution in [2.75, 3.05) is 17.2 Å². The third-order valence-electron chi connectivity index (χ3n) is 4.35. The molecule has 0 amide bonds. The summed E-state index contributed by atoms with van der Waals surface area (Å²) in [6.07, 6.45) is 8.59. The van der Waals surface area contributed by atoms with Crippen LogP contribution in [0.4, 0.5) is 11.6 Å². The Morgan fingerprint density at radius 1 is 1.17 bits per heavy atom. The van der Waals surface area contributed by atoms with Crippen LogP contribution >= 0.6 is 0 Å². The van der Waals surface area contributed by atoms with E-state index in [0.717, 1.165) is 36.7 Å². The standard InChI is InChI=1S/C16H20N8/c1-11-8-13(17)24(22-11)15-9-14(20-10-21-15)23-7-3-2-4-12(23)16-18-5-6-19-16/h5-6,8-10,12H,2-4,7,17H2,1H3,(H,18,19)/t12-/m1/s1. The van der Waals surface area contributed by atoms with E-state index in [1.54, 1.807) is 17.2 Å². The van der Waals surface area contributed by atoms with Gasteiger partial charge in [0.05, 0.1) is 11.7 Å². The fourth-order valence-corrected chi connectivity index (χ4v) is 3.26. The molecule has 24 heavy (non-hydrogen) atoms. The van der Waals surface area contributed by atoms with E-state index in [4.69, 9.17) is 5.73 Å². The molecule has 0 unspecified atom stereocenters. The number of nitrogen functional groups attached to an aromatic ring is 1. The lowest BCUT2D eigenvalue weighted by atomic mass is 10.0. The van der Waals surface area contributed by atoms with Gasteiger partial charge < -0.3 is 15.6 Å². The van der Waals surface area contributed by atoms with Gasteiger partial charge in [0, 0.05) is 31.1 Å². The smallest absolute Gasteiger partial charge is 0.161 e. The SMILES string of the molecule is Cc1cc(N)n(-c2cc(N3CCCC[C@@H]3c3ncc[nH]3)ncn2)n1. The highest BCUT2D eigenvalue weighted by molar-refractivity contribution is 5.48. The van der Waals surface area contributed by atoms with E-state index in [1.165, 1.54) is 6.42 Å². The molecule has 1 aliphatic rings. The van der Waals surface area contributed by atoms with Gasteiger partial charge in [-0.1, -0.05) is 0 Å². The summed E-state index contributed by atoms with van der Waals surface area (Å²) in [4.78, 5) is 18.7. The second kappa shape index (κ2) is 5.95. The average Bonchev–Trinajstić information content (AvgIpc) is 3.24. The molecule has 1 aliphatic heterocycles. The van der Waals surface area contributed by atoms with E-state index in [2.05, 4.69) is 29.9 Å². The van der Waals surface area contributed by atoms with Crippen LogP contribution in [0.3, 0.4) is 0 Å². The van der Waals surface area contributed by atoms with Gasteiger partial charge in [-0.2, -0.15) is 9.78 Å². The Bertz CT molecular complexity index is 822. The molecule has 4 rings (SSSR count). The molecule has 124 valence electrons. The summed E-state index contributed by atoms with van der Waals surface area (Å²) in [5, 5.41) is 4.40. The van der Waals surface area contributed by atoms with Crippen LogP contribution in [0.5, 0.6) is 0 Å². The first-order valence-corrected chi connectivity index (χ1v) is 8.13. The molecule has 3 aromatic heterocycles. The summed E-state index contributed by atoms with van der Waals surface area (Å²) in [6.45, 7) is 2.85. The Morgan fingerprint density at radius 2 is 2.04 bits per heavy atom. The average molecular weight is 324 g/mol. The summed E-state index contributed by atoms with van der Waals surface area (Å²) in [7, 11) is 0. The Morgan fingerprint density at radius 3 is 2.79 bits per heavy atom. The van der Waals surface area contributed by atoms with Gasteiger partial charge in [-0.05, 0) is 26.2 Å². The molecular formula is C16H20N8. The highest BCUT2D eigenvalue weighted by Gasteiger charge is 2.27. The zero-order valence-corrected chi connectivity index (χ0v) is 13.6. The van der Waals surface area contributed by atoms with Crippen molar-refractivity contribution in [1.82, 2.24) is 29.7 Å². The number of aryl methyl sites for hydroxylation is 1. The molecule has 3 N–H and O–H groups in total. The fourth-order valence-electron chi connectivity index (χ4n) is 3.26. The molecule has 0 bridgehead atoms. The van der Waals surface area contributed by atoms with E-state index in [9.17, 15) is 0 Å². The quantitative estimate of drug-likeness (QED) is 0.764. The third kappa shape index (κ3) is 2.60. The molecule has 1 fully saturated rings. The monoisotopic (exact) mass is 324 g/mol. The Balaban J connectivity index is 1.70. The summed E-state index contributed by atoms with van der Waals surface area (Å²) >= 11 is 0. The van der Waals surface area contributed by atoms with Crippen molar-refractivity contribution in [3.05, 3.63) is 42.4 Å². The van der Waals surface area contributed by atoms with Gasteiger partial charge in [-0.25, -0.2) is 15.0 Å².